The van der Waals surface area contributed by atoms with E-state index in [1.54, 1.807) is 18.2 Å². The molecule has 0 radical (unpaired) electrons. The van der Waals surface area contributed by atoms with E-state index in [4.69, 9.17) is 28.6 Å². The van der Waals surface area contributed by atoms with E-state index in [0.717, 1.165) is 11.7 Å². The van der Waals surface area contributed by atoms with Crippen molar-refractivity contribution >= 4 is 74.7 Å². The molecule has 2 aromatic carbocycles. The Hall–Kier alpha value is -2.93. The van der Waals surface area contributed by atoms with Crippen LogP contribution in [0.25, 0.3) is 11.0 Å². The van der Waals surface area contributed by atoms with Crippen LogP contribution in [0.1, 0.15) is 10.4 Å². The molecule has 160 valence electrons. The SMILES string of the molecule is O=C(NC(=S)Nc1c(Cl)ccc2nsnc12)c1cc([N+](=O)[O-])ccc1N1CCOCC1. The Kier molecular flexibility index (Phi) is 6.23. The number of aromatic nitrogens is 2. The number of nitrogens with one attached hydrogen (secondary N) is 2. The Morgan fingerprint density at radius 3 is 2.77 bits per heavy atom. The van der Waals surface area contributed by atoms with E-state index in [0.29, 0.717) is 53.7 Å². The molecule has 4 rings (SSSR count). The summed E-state index contributed by atoms with van der Waals surface area (Å²) in [6.07, 6.45) is 0. The maximum atomic E-state index is 13.0. The number of fused-ring (bicyclic) bond motifs is 1. The van der Waals surface area contributed by atoms with Crippen LogP contribution in [0.15, 0.2) is 30.3 Å². The first kappa shape index (κ1) is 21.3. The van der Waals surface area contributed by atoms with Crippen molar-refractivity contribution in [3.8, 4) is 0 Å². The zero-order valence-electron chi connectivity index (χ0n) is 15.8. The predicted octanol–water partition coefficient (Wildman–Crippen LogP) is 3.22. The summed E-state index contributed by atoms with van der Waals surface area (Å²) in [6.45, 7) is 2.13. The minimum atomic E-state index is -0.581. The van der Waals surface area contributed by atoms with Gasteiger partial charge < -0.3 is 15.0 Å². The first-order chi connectivity index (χ1) is 14.9. The van der Waals surface area contributed by atoms with E-state index in [9.17, 15) is 14.9 Å². The number of carbonyl (C=O) groups excluding carboxylic acids is 1. The van der Waals surface area contributed by atoms with Crippen LogP contribution >= 0.6 is 35.5 Å². The molecule has 0 aliphatic carbocycles. The minimum Gasteiger partial charge on any atom is -0.378 e. The Morgan fingerprint density at radius 2 is 2.03 bits per heavy atom. The van der Waals surface area contributed by atoms with Crippen molar-refractivity contribution in [1.29, 1.82) is 0 Å². The predicted molar refractivity (Wildman–Crippen MR) is 122 cm³/mol. The van der Waals surface area contributed by atoms with Crippen molar-refractivity contribution in [2.24, 2.45) is 0 Å². The van der Waals surface area contributed by atoms with Gasteiger partial charge in [-0.05, 0) is 30.4 Å². The van der Waals surface area contributed by atoms with Crippen molar-refractivity contribution in [3.05, 3.63) is 51.0 Å². The lowest BCUT2D eigenvalue weighted by Gasteiger charge is -2.30. The average molecular weight is 479 g/mol. The summed E-state index contributed by atoms with van der Waals surface area (Å²) >= 11 is 12.6. The molecule has 1 amide bonds. The van der Waals surface area contributed by atoms with Gasteiger partial charge in [0.1, 0.15) is 11.0 Å². The van der Waals surface area contributed by atoms with Gasteiger partial charge >= 0.3 is 0 Å². The van der Waals surface area contributed by atoms with Gasteiger partial charge in [0.2, 0.25) is 0 Å². The second-order valence-electron chi connectivity index (χ2n) is 6.52. The number of amides is 1. The number of morpholine rings is 1. The molecular formula is C18H15ClN6O4S2. The standard InChI is InChI=1S/C18H15ClN6O4S2/c19-12-2-3-13-16(23-31-22-13)15(12)20-18(30)21-17(26)11-9-10(25(27)28)1-4-14(11)24-5-7-29-8-6-24/h1-4,9H,5-8H2,(H2,20,21,26,30). The number of halogens is 1. The smallest absolute Gasteiger partial charge is 0.270 e. The number of hydrogen-bond acceptors (Lipinski definition) is 9. The van der Waals surface area contributed by atoms with E-state index in [1.807, 2.05) is 4.90 Å². The van der Waals surface area contributed by atoms with Gasteiger partial charge in [-0.25, -0.2) is 0 Å². The molecule has 1 fully saturated rings. The second-order valence-corrected chi connectivity index (χ2v) is 7.86. The summed E-state index contributed by atoms with van der Waals surface area (Å²) in [7, 11) is 0. The maximum absolute atomic E-state index is 13.0. The number of nitro benzene ring substituents is 1. The molecule has 0 bridgehead atoms. The number of anilines is 2. The number of thiocarbonyl (C=S) groups is 1. The third-order valence-electron chi connectivity index (χ3n) is 4.63. The Labute approximate surface area is 190 Å². The van der Waals surface area contributed by atoms with E-state index in [2.05, 4.69) is 19.4 Å². The van der Waals surface area contributed by atoms with Crippen LogP contribution in [-0.4, -0.2) is 51.0 Å². The fraction of sp³-hybridized carbons (Fsp3) is 0.222. The lowest BCUT2D eigenvalue weighted by atomic mass is 10.1. The van der Waals surface area contributed by atoms with E-state index >= 15 is 0 Å². The molecule has 13 heteroatoms. The highest BCUT2D eigenvalue weighted by molar-refractivity contribution is 7.80. The molecule has 0 saturated carbocycles. The molecule has 0 unspecified atom stereocenters. The zero-order chi connectivity index (χ0) is 22.0. The van der Waals surface area contributed by atoms with Crippen LogP contribution in [0.4, 0.5) is 17.1 Å². The molecule has 10 nitrogen and oxygen atoms in total. The number of nitro groups is 1. The van der Waals surface area contributed by atoms with E-state index in [-0.39, 0.29) is 16.4 Å². The van der Waals surface area contributed by atoms with Crippen LogP contribution in [0.3, 0.4) is 0 Å². The minimum absolute atomic E-state index is 0.0215. The third-order valence-corrected chi connectivity index (χ3v) is 5.69. The van der Waals surface area contributed by atoms with Gasteiger partial charge in [0, 0.05) is 25.2 Å². The molecule has 0 spiro atoms. The number of hydrogen-bond donors (Lipinski definition) is 2. The number of ether oxygens (including phenoxy) is 1. The molecule has 3 aromatic rings. The quantitative estimate of drug-likeness (QED) is 0.330. The highest BCUT2D eigenvalue weighted by Gasteiger charge is 2.23. The van der Waals surface area contributed by atoms with Crippen molar-refractivity contribution in [3.63, 3.8) is 0 Å². The first-order valence-electron chi connectivity index (χ1n) is 9.08. The van der Waals surface area contributed by atoms with Crippen molar-refractivity contribution < 1.29 is 14.5 Å². The van der Waals surface area contributed by atoms with Gasteiger partial charge in [-0.15, -0.1) is 0 Å². The molecule has 2 N–H and O–H groups in total. The highest BCUT2D eigenvalue weighted by Crippen LogP contribution is 2.30. The second kappa shape index (κ2) is 9.06. The summed E-state index contributed by atoms with van der Waals surface area (Å²) in [4.78, 5) is 25.6. The van der Waals surface area contributed by atoms with E-state index < -0.39 is 10.8 Å². The van der Waals surface area contributed by atoms with Crippen molar-refractivity contribution in [2.45, 2.75) is 0 Å². The molecule has 1 aromatic heterocycles. The van der Waals surface area contributed by atoms with Crippen LogP contribution in [0, 0.1) is 10.1 Å². The molecule has 1 aliphatic rings. The number of carbonyl (C=O) groups is 1. The molecule has 1 saturated heterocycles. The fourth-order valence-electron chi connectivity index (χ4n) is 3.16. The summed E-state index contributed by atoms with van der Waals surface area (Å²) in [5, 5.41) is 17.0. The van der Waals surface area contributed by atoms with Gasteiger partial charge in [-0.3, -0.25) is 20.2 Å². The fourth-order valence-corrected chi connectivity index (χ4v) is 4.10. The topological polar surface area (TPSA) is 123 Å². The largest absolute Gasteiger partial charge is 0.378 e. The molecule has 2 heterocycles. The highest BCUT2D eigenvalue weighted by atomic mass is 35.5. The Balaban J connectivity index is 1.59. The molecular weight excluding hydrogens is 464 g/mol. The van der Waals surface area contributed by atoms with Crippen molar-refractivity contribution in [2.75, 3.05) is 36.5 Å². The molecule has 0 atom stereocenters. The zero-order valence-corrected chi connectivity index (χ0v) is 18.2. The van der Waals surface area contributed by atoms with Crippen LogP contribution in [0.2, 0.25) is 5.02 Å². The van der Waals surface area contributed by atoms with E-state index in [1.165, 1.54) is 12.1 Å². The third kappa shape index (κ3) is 4.56. The maximum Gasteiger partial charge on any atom is 0.270 e. The number of nitrogens with zero attached hydrogens (tertiary/aromatic N) is 4. The lowest BCUT2D eigenvalue weighted by Crippen LogP contribution is -2.39. The average Bonchev–Trinajstić information content (AvgIpc) is 3.25. The van der Waals surface area contributed by atoms with Crippen molar-refractivity contribution in [1.82, 2.24) is 14.1 Å². The summed E-state index contributed by atoms with van der Waals surface area (Å²) in [5.74, 6) is -0.581. The molecule has 1 aliphatic heterocycles. The summed E-state index contributed by atoms with van der Waals surface area (Å²) in [6, 6.07) is 7.54. The summed E-state index contributed by atoms with van der Waals surface area (Å²) in [5.41, 5.74) is 2.10. The van der Waals surface area contributed by atoms with Crippen LogP contribution < -0.4 is 15.5 Å². The van der Waals surface area contributed by atoms with Gasteiger partial charge in [-0.2, -0.15) is 8.75 Å². The van der Waals surface area contributed by atoms with Crippen LogP contribution in [0.5, 0.6) is 0 Å². The molecule has 31 heavy (non-hydrogen) atoms. The summed E-state index contributed by atoms with van der Waals surface area (Å²) < 4.78 is 13.7. The number of benzene rings is 2. The first-order valence-corrected chi connectivity index (χ1v) is 10.6. The number of non-ortho nitro benzene ring substituents is 1. The van der Waals surface area contributed by atoms with Crippen LogP contribution in [-0.2, 0) is 4.74 Å². The van der Waals surface area contributed by atoms with Gasteiger partial charge in [-0.1, -0.05) is 11.6 Å². The van der Waals surface area contributed by atoms with Gasteiger partial charge in [0.15, 0.2) is 5.11 Å². The monoisotopic (exact) mass is 478 g/mol. The Bertz CT molecular complexity index is 1180. The van der Waals surface area contributed by atoms with Gasteiger partial charge in [0.25, 0.3) is 11.6 Å². The Morgan fingerprint density at radius 1 is 1.26 bits per heavy atom. The lowest BCUT2D eigenvalue weighted by molar-refractivity contribution is -0.384. The van der Waals surface area contributed by atoms with Gasteiger partial charge in [0.05, 0.1) is 51.8 Å². The number of rotatable bonds is 4. The normalized spacial score (nSPS) is 13.8.